The quantitative estimate of drug-likeness (QED) is 0.158. The zero-order chi connectivity index (χ0) is 45.9. The van der Waals surface area contributed by atoms with Gasteiger partial charge in [0.05, 0.1) is 38.6 Å². The fourth-order valence-corrected chi connectivity index (χ4v) is 12.0. The molecule has 15 rings (SSSR count). The van der Waals surface area contributed by atoms with Crippen LogP contribution in [0.15, 0.2) is 237 Å². The fourth-order valence-electron chi connectivity index (χ4n) is 12.0. The van der Waals surface area contributed by atoms with E-state index in [-0.39, 0.29) is 0 Å². The highest BCUT2D eigenvalue weighted by Crippen LogP contribution is 2.42. The fraction of sp³-hybridized carbons (Fsp3) is 0.0303. The Morgan fingerprint density at radius 1 is 0.286 bits per heavy atom. The summed E-state index contributed by atoms with van der Waals surface area (Å²) in [7, 11) is 0. The first-order chi connectivity index (χ1) is 34.7. The van der Waals surface area contributed by atoms with Crippen LogP contribution in [0.2, 0.25) is 0 Å². The second kappa shape index (κ2) is 15.2. The van der Waals surface area contributed by atoms with Gasteiger partial charge >= 0.3 is 0 Å². The van der Waals surface area contributed by atoms with Crippen molar-refractivity contribution in [1.82, 2.24) is 18.3 Å². The van der Waals surface area contributed by atoms with Crippen molar-refractivity contribution in [2.75, 3.05) is 0 Å². The molecule has 4 heterocycles. The number of hydrogen-bond acceptors (Lipinski definition) is 0. The van der Waals surface area contributed by atoms with Crippen LogP contribution in [0.25, 0.3) is 127 Å². The largest absolute Gasteiger partial charge is 0.310 e. The van der Waals surface area contributed by atoms with Crippen LogP contribution in [0.4, 0.5) is 0 Å². The topological polar surface area (TPSA) is 19.7 Å². The molecule has 0 fully saturated rings. The van der Waals surface area contributed by atoms with Crippen LogP contribution in [0.3, 0.4) is 0 Å². The molecule has 0 spiro atoms. The number of aryl methyl sites for hydroxylation is 1. The predicted octanol–water partition coefficient (Wildman–Crippen LogP) is 17.2. The molecule has 0 saturated carbocycles. The lowest BCUT2D eigenvalue weighted by atomic mass is 9.98. The Morgan fingerprint density at radius 2 is 0.743 bits per heavy atom. The number of aromatic nitrogens is 4. The molecule has 0 aliphatic heterocycles. The Balaban J connectivity index is 0.858. The third kappa shape index (κ3) is 5.71. The number of fused-ring (bicyclic) bond motifs is 12. The van der Waals surface area contributed by atoms with Gasteiger partial charge in [-0.05, 0) is 138 Å². The summed E-state index contributed by atoms with van der Waals surface area (Å²) in [5.74, 6) is 0. The molecule has 0 N–H and O–H groups in total. The average molecular weight is 893 g/mol. The minimum Gasteiger partial charge on any atom is -0.310 e. The molecular weight excluding hydrogens is 849 g/mol. The van der Waals surface area contributed by atoms with Gasteiger partial charge in [-0.15, -0.1) is 0 Å². The van der Waals surface area contributed by atoms with Crippen molar-refractivity contribution in [1.29, 1.82) is 0 Å². The van der Waals surface area contributed by atoms with Gasteiger partial charge in [0, 0.05) is 66.1 Å². The lowest BCUT2D eigenvalue weighted by Crippen LogP contribution is -2.01. The zero-order valence-electron chi connectivity index (χ0n) is 38.3. The van der Waals surface area contributed by atoms with E-state index in [9.17, 15) is 0 Å². The molecule has 4 aromatic heterocycles. The van der Waals surface area contributed by atoms with Gasteiger partial charge in [0.1, 0.15) is 0 Å². The van der Waals surface area contributed by atoms with Crippen molar-refractivity contribution in [3.05, 3.63) is 248 Å². The number of nitrogens with zero attached hydrogens (tertiary/aromatic N) is 4. The molecule has 70 heavy (non-hydrogen) atoms. The smallest absolute Gasteiger partial charge is 0.0547 e. The Hall–Kier alpha value is -9.12. The molecule has 0 amide bonds. The summed E-state index contributed by atoms with van der Waals surface area (Å²) in [5.41, 5.74) is 20.5. The molecule has 14 aromatic rings. The van der Waals surface area contributed by atoms with Crippen LogP contribution in [-0.2, 0) is 6.42 Å². The number of hydrogen-bond donors (Lipinski definition) is 0. The first kappa shape index (κ1) is 38.9. The second-order valence-corrected chi connectivity index (χ2v) is 18.8. The monoisotopic (exact) mass is 892 g/mol. The van der Waals surface area contributed by atoms with Gasteiger partial charge in [0.25, 0.3) is 0 Å². The summed E-state index contributed by atoms with van der Waals surface area (Å²) in [5, 5.41) is 8.86. The molecule has 0 unspecified atom stereocenters. The van der Waals surface area contributed by atoms with E-state index in [4.69, 9.17) is 0 Å². The van der Waals surface area contributed by atoms with Gasteiger partial charge in [-0.3, -0.25) is 0 Å². The Bertz CT molecular complexity index is 4420. The van der Waals surface area contributed by atoms with Crippen LogP contribution in [-0.4, -0.2) is 18.3 Å². The average Bonchev–Trinajstić information content (AvgIpc) is 4.16. The zero-order valence-corrected chi connectivity index (χ0v) is 38.3. The van der Waals surface area contributed by atoms with Crippen LogP contribution in [0.5, 0.6) is 0 Å². The van der Waals surface area contributed by atoms with E-state index in [1.807, 2.05) is 0 Å². The SMILES string of the molecule is C1=Cc2c(c3ccccc3n2-c2ccc(-n3c4ccccc4c4ccc(-c5cccc6c5c5ccccc5n6-c5cccc(-c6cccc(-n7c8ccccc8c8ccccc87)c6)c5)cc43)cc2)CC1. The molecular formula is C66H44N4. The minimum absolute atomic E-state index is 1.07. The maximum Gasteiger partial charge on any atom is 0.0547 e. The van der Waals surface area contributed by atoms with E-state index in [2.05, 4.69) is 261 Å². The Morgan fingerprint density at radius 3 is 1.36 bits per heavy atom. The highest BCUT2D eigenvalue weighted by atomic mass is 15.0. The van der Waals surface area contributed by atoms with Gasteiger partial charge < -0.3 is 18.3 Å². The number of allylic oxidation sites excluding steroid dienone is 1. The molecule has 1 aliphatic carbocycles. The maximum absolute atomic E-state index is 2.45. The van der Waals surface area contributed by atoms with E-state index < -0.39 is 0 Å². The van der Waals surface area contributed by atoms with Crippen molar-refractivity contribution in [2.45, 2.75) is 12.8 Å². The van der Waals surface area contributed by atoms with Crippen molar-refractivity contribution >= 4 is 82.4 Å². The highest BCUT2D eigenvalue weighted by molar-refractivity contribution is 6.17. The van der Waals surface area contributed by atoms with Crippen molar-refractivity contribution in [3.63, 3.8) is 0 Å². The normalized spacial score (nSPS) is 12.7. The summed E-state index contributed by atoms with van der Waals surface area (Å²) in [6, 6.07) is 85.1. The predicted molar refractivity (Wildman–Crippen MR) is 295 cm³/mol. The molecule has 0 radical (unpaired) electrons. The lowest BCUT2D eigenvalue weighted by Gasteiger charge is -2.14. The third-order valence-corrected chi connectivity index (χ3v) is 15.0. The molecule has 10 aromatic carbocycles. The van der Waals surface area contributed by atoms with Crippen LogP contribution in [0, 0.1) is 0 Å². The van der Waals surface area contributed by atoms with Crippen LogP contribution >= 0.6 is 0 Å². The minimum atomic E-state index is 1.07. The summed E-state index contributed by atoms with van der Waals surface area (Å²) in [6.07, 6.45) is 6.78. The van der Waals surface area contributed by atoms with Crippen molar-refractivity contribution in [3.8, 4) is 45.0 Å². The number of para-hydroxylation sites is 5. The number of rotatable bonds is 6. The van der Waals surface area contributed by atoms with Crippen molar-refractivity contribution in [2.24, 2.45) is 0 Å². The molecule has 0 atom stereocenters. The van der Waals surface area contributed by atoms with E-state index in [0.29, 0.717) is 0 Å². The van der Waals surface area contributed by atoms with Crippen LogP contribution in [0.1, 0.15) is 17.7 Å². The summed E-state index contributed by atoms with van der Waals surface area (Å²) < 4.78 is 9.74. The standard InChI is InChI=1S/C66H44N4/c1-7-27-58-51(20-1)52-21-2-8-28-59(52)67(58)46-35-37-47(38-36-46)68-60-29-9-5-24-55(60)56-39-34-45(42-65(56)68)50-26-15-33-64-66(50)57-25-6-12-32-63(57)70(64)49-19-14-17-44(41-49)43-16-13-18-48(40-43)69-61-30-10-3-22-53(61)54-23-4-11-31-62(54)69/h1,3-20,22-42H,2,21H2. The molecule has 0 saturated heterocycles. The second-order valence-electron chi connectivity index (χ2n) is 18.8. The highest BCUT2D eigenvalue weighted by Gasteiger charge is 2.21. The van der Waals surface area contributed by atoms with Gasteiger partial charge in [0.2, 0.25) is 0 Å². The van der Waals surface area contributed by atoms with E-state index in [0.717, 1.165) is 29.9 Å². The van der Waals surface area contributed by atoms with Gasteiger partial charge in [-0.1, -0.05) is 146 Å². The maximum atomic E-state index is 2.45. The number of benzene rings is 10. The molecule has 328 valence electrons. The summed E-state index contributed by atoms with van der Waals surface area (Å²) in [4.78, 5) is 0. The van der Waals surface area contributed by atoms with Crippen molar-refractivity contribution < 1.29 is 0 Å². The van der Waals surface area contributed by atoms with Crippen LogP contribution < -0.4 is 0 Å². The first-order valence-electron chi connectivity index (χ1n) is 24.4. The summed E-state index contributed by atoms with van der Waals surface area (Å²) in [6.45, 7) is 0. The summed E-state index contributed by atoms with van der Waals surface area (Å²) >= 11 is 0. The molecule has 4 heteroatoms. The Kier molecular flexibility index (Phi) is 8.45. The van der Waals surface area contributed by atoms with E-state index in [1.54, 1.807) is 0 Å². The lowest BCUT2D eigenvalue weighted by molar-refractivity contribution is 0.967. The van der Waals surface area contributed by atoms with Gasteiger partial charge in [-0.2, -0.15) is 0 Å². The van der Waals surface area contributed by atoms with E-state index in [1.165, 1.54) is 116 Å². The molecule has 1 aliphatic rings. The van der Waals surface area contributed by atoms with Gasteiger partial charge in [0.15, 0.2) is 0 Å². The molecule has 0 bridgehead atoms. The first-order valence-corrected chi connectivity index (χ1v) is 24.4. The van der Waals surface area contributed by atoms with E-state index >= 15 is 0 Å². The van der Waals surface area contributed by atoms with Gasteiger partial charge in [-0.25, -0.2) is 0 Å². The third-order valence-electron chi connectivity index (χ3n) is 15.0. The molecule has 4 nitrogen and oxygen atoms in total. The Labute approximate surface area is 404 Å².